The average Bonchev–Trinajstić information content (AvgIpc) is 2.95. The van der Waals surface area contributed by atoms with Crippen molar-refractivity contribution in [3.8, 4) is 0 Å². The molecule has 1 aromatic carbocycles. The maximum Gasteiger partial charge on any atom is 0.141 e. The zero-order valence-corrected chi connectivity index (χ0v) is 9.30. The van der Waals surface area contributed by atoms with E-state index in [1.165, 1.54) is 18.9 Å². The highest BCUT2D eigenvalue weighted by molar-refractivity contribution is 6.30. The molecule has 0 aromatic heterocycles. The summed E-state index contributed by atoms with van der Waals surface area (Å²) in [6, 6.07) is 5.01. The van der Waals surface area contributed by atoms with Crippen LogP contribution in [0.25, 0.3) is 0 Å². The van der Waals surface area contributed by atoms with Gasteiger partial charge in [-0.05, 0) is 36.5 Å². The van der Waals surface area contributed by atoms with E-state index in [1.54, 1.807) is 12.1 Å². The minimum Gasteiger partial charge on any atom is -0.327 e. The van der Waals surface area contributed by atoms with Crippen LogP contribution < -0.4 is 5.73 Å². The summed E-state index contributed by atoms with van der Waals surface area (Å²) in [5, 5.41) is 0.186. The number of halogens is 2. The monoisotopic (exact) mass is 227 g/mol. The predicted octanol–water partition coefficient (Wildman–Crippen LogP) is 3.15. The van der Waals surface area contributed by atoms with E-state index in [0.29, 0.717) is 0 Å². The van der Waals surface area contributed by atoms with Crippen molar-refractivity contribution in [2.24, 2.45) is 11.7 Å². The van der Waals surface area contributed by atoms with Gasteiger partial charge in [-0.25, -0.2) is 4.39 Å². The highest BCUT2D eigenvalue weighted by Crippen LogP contribution is 2.33. The van der Waals surface area contributed by atoms with Crippen molar-refractivity contribution in [1.29, 1.82) is 0 Å². The lowest BCUT2D eigenvalue weighted by Crippen LogP contribution is -2.23. The van der Waals surface area contributed by atoms with Gasteiger partial charge >= 0.3 is 0 Å². The normalized spacial score (nSPS) is 17.8. The van der Waals surface area contributed by atoms with Crippen LogP contribution in [-0.4, -0.2) is 6.04 Å². The molecule has 1 fully saturated rings. The Hall–Kier alpha value is -0.600. The predicted molar refractivity (Wildman–Crippen MR) is 60.4 cm³/mol. The first kappa shape index (κ1) is 10.9. The molecule has 3 heteroatoms. The summed E-state index contributed by atoms with van der Waals surface area (Å²) < 4.78 is 12.9. The summed E-state index contributed by atoms with van der Waals surface area (Å²) in [7, 11) is 0. The van der Waals surface area contributed by atoms with E-state index in [-0.39, 0.29) is 16.9 Å². The molecular weight excluding hydrogens is 213 g/mol. The maximum absolute atomic E-state index is 12.9. The Balaban J connectivity index is 1.93. The minimum absolute atomic E-state index is 0.180. The van der Waals surface area contributed by atoms with E-state index >= 15 is 0 Å². The van der Waals surface area contributed by atoms with Crippen LogP contribution in [0.15, 0.2) is 18.2 Å². The lowest BCUT2D eigenvalue weighted by Gasteiger charge is -2.11. The van der Waals surface area contributed by atoms with Crippen LogP contribution in [0.1, 0.15) is 24.8 Å². The fourth-order valence-electron chi connectivity index (χ4n) is 1.83. The number of rotatable bonds is 4. The van der Waals surface area contributed by atoms with Crippen LogP contribution in [0, 0.1) is 11.7 Å². The number of hydrogen-bond donors (Lipinski definition) is 1. The van der Waals surface area contributed by atoms with Crippen LogP contribution in [0.3, 0.4) is 0 Å². The second-order valence-electron chi connectivity index (χ2n) is 4.39. The molecule has 15 heavy (non-hydrogen) atoms. The van der Waals surface area contributed by atoms with Gasteiger partial charge in [0.05, 0.1) is 5.02 Å². The molecular formula is C12H15ClFN. The third-order valence-corrected chi connectivity index (χ3v) is 3.10. The van der Waals surface area contributed by atoms with Gasteiger partial charge in [-0.15, -0.1) is 0 Å². The quantitative estimate of drug-likeness (QED) is 0.840. The van der Waals surface area contributed by atoms with Gasteiger partial charge in [0.1, 0.15) is 5.82 Å². The number of nitrogens with two attached hydrogens (primary N) is 1. The Morgan fingerprint density at radius 1 is 1.47 bits per heavy atom. The molecule has 0 heterocycles. The third-order valence-electron chi connectivity index (χ3n) is 2.81. The average molecular weight is 228 g/mol. The Morgan fingerprint density at radius 3 is 2.80 bits per heavy atom. The molecule has 1 aliphatic rings. The molecule has 1 saturated carbocycles. The first-order valence-corrected chi connectivity index (χ1v) is 5.72. The summed E-state index contributed by atoms with van der Waals surface area (Å²) in [5.41, 5.74) is 7.02. The summed E-state index contributed by atoms with van der Waals surface area (Å²) >= 11 is 5.70. The van der Waals surface area contributed by atoms with Crippen LogP contribution in [-0.2, 0) is 6.42 Å². The van der Waals surface area contributed by atoms with Gasteiger partial charge in [-0.3, -0.25) is 0 Å². The first-order chi connectivity index (χ1) is 7.15. The zero-order chi connectivity index (χ0) is 10.8. The first-order valence-electron chi connectivity index (χ1n) is 5.34. The van der Waals surface area contributed by atoms with Crippen LogP contribution in [0.2, 0.25) is 5.02 Å². The molecule has 1 aliphatic carbocycles. The summed E-state index contributed by atoms with van der Waals surface area (Å²) in [4.78, 5) is 0. The highest BCUT2D eigenvalue weighted by Gasteiger charge is 2.23. The van der Waals surface area contributed by atoms with E-state index in [2.05, 4.69) is 0 Å². The van der Waals surface area contributed by atoms with Gasteiger partial charge in [0.25, 0.3) is 0 Å². The van der Waals surface area contributed by atoms with Gasteiger partial charge < -0.3 is 5.73 Å². The molecule has 0 amide bonds. The van der Waals surface area contributed by atoms with Crippen molar-refractivity contribution in [1.82, 2.24) is 0 Å². The summed E-state index contributed by atoms with van der Waals surface area (Å²) in [6.45, 7) is 0. The summed E-state index contributed by atoms with van der Waals surface area (Å²) in [6.07, 6.45) is 4.50. The fraction of sp³-hybridized carbons (Fsp3) is 0.500. The largest absolute Gasteiger partial charge is 0.327 e. The van der Waals surface area contributed by atoms with E-state index in [9.17, 15) is 4.39 Å². The van der Waals surface area contributed by atoms with E-state index in [1.807, 2.05) is 0 Å². The Kier molecular flexibility index (Phi) is 3.27. The van der Waals surface area contributed by atoms with E-state index in [0.717, 1.165) is 24.3 Å². The molecule has 0 bridgehead atoms. The van der Waals surface area contributed by atoms with Gasteiger partial charge in [-0.2, -0.15) is 0 Å². The number of benzene rings is 1. The van der Waals surface area contributed by atoms with Crippen LogP contribution >= 0.6 is 11.6 Å². The van der Waals surface area contributed by atoms with Crippen LogP contribution in [0.5, 0.6) is 0 Å². The Labute approximate surface area is 94.4 Å². The van der Waals surface area contributed by atoms with Gasteiger partial charge in [0, 0.05) is 6.04 Å². The van der Waals surface area contributed by atoms with Crippen molar-refractivity contribution < 1.29 is 4.39 Å². The summed E-state index contributed by atoms with van der Waals surface area (Å²) in [5.74, 6) is 0.465. The molecule has 0 saturated heterocycles. The smallest absolute Gasteiger partial charge is 0.141 e. The topological polar surface area (TPSA) is 26.0 Å². The molecule has 0 aliphatic heterocycles. The number of hydrogen-bond acceptors (Lipinski definition) is 1. The van der Waals surface area contributed by atoms with E-state index < -0.39 is 0 Å². The molecule has 82 valence electrons. The molecule has 0 spiro atoms. The maximum atomic E-state index is 12.9. The SMILES string of the molecule is NC(Cc1ccc(F)c(Cl)c1)CC1CC1. The zero-order valence-electron chi connectivity index (χ0n) is 8.55. The minimum atomic E-state index is -0.365. The lowest BCUT2D eigenvalue weighted by atomic mass is 10.0. The van der Waals surface area contributed by atoms with Crippen molar-refractivity contribution in [2.75, 3.05) is 0 Å². The lowest BCUT2D eigenvalue weighted by molar-refractivity contribution is 0.565. The molecule has 2 rings (SSSR count). The van der Waals surface area contributed by atoms with Crippen molar-refractivity contribution in [2.45, 2.75) is 31.7 Å². The Bertz CT molecular complexity index is 349. The molecule has 1 aromatic rings. The van der Waals surface area contributed by atoms with Gasteiger partial charge in [-0.1, -0.05) is 30.5 Å². The molecule has 2 N–H and O–H groups in total. The van der Waals surface area contributed by atoms with Gasteiger partial charge in [0.2, 0.25) is 0 Å². The Morgan fingerprint density at radius 2 is 2.20 bits per heavy atom. The van der Waals surface area contributed by atoms with Crippen molar-refractivity contribution >= 4 is 11.6 Å². The molecule has 1 atom stereocenters. The third kappa shape index (κ3) is 3.18. The molecule has 0 radical (unpaired) electrons. The van der Waals surface area contributed by atoms with Crippen molar-refractivity contribution in [3.63, 3.8) is 0 Å². The molecule has 1 nitrogen and oxygen atoms in total. The standard InChI is InChI=1S/C12H15ClFN/c13-11-7-9(3-4-12(11)14)6-10(15)5-8-1-2-8/h3-4,7-8,10H,1-2,5-6,15H2. The van der Waals surface area contributed by atoms with Gasteiger partial charge in [0.15, 0.2) is 0 Å². The van der Waals surface area contributed by atoms with Crippen molar-refractivity contribution in [3.05, 3.63) is 34.6 Å². The van der Waals surface area contributed by atoms with E-state index in [4.69, 9.17) is 17.3 Å². The molecule has 1 unspecified atom stereocenters. The second kappa shape index (κ2) is 4.50. The second-order valence-corrected chi connectivity index (χ2v) is 4.80. The fourth-order valence-corrected chi connectivity index (χ4v) is 2.04. The van der Waals surface area contributed by atoms with Crippen LogP contribution in [0.4, 0.5) is 4.39 Å². The highest BCUT2D eigenvalue weighted by atomic mass is 35.5.